The summed E-state index contributed by atoms with van der Waals surface area (Å²) in [6.07, 6.45) is 0.868. The summed E-state index contributed by atoms with van der Waals surface area (Å²) in [4.78, 5) is 0. The van der Waals surface area contributed by atoms with E-state index in [9.17, 15) is 0 Å². The largest absolute Gasteiger partial charge is 0.497 e. The zero-order chi connectivity index (χ0) is 12.5. The van der Waals surface area contributed by atoms with Gasteiger partial charge in [-0.2, -0.15) is 0 Å². The van der Waals surface area contributed by atoms with Crippen molar-refractivity contribution in [2.75, 3.05) is 26.9 Å². The minimum absolute atomic E-state index is 0.435. The molecule has 0 heterocycles. The average molecular weight is 259 g/mol. The van der Waals surface area contributed by atoms with Gasteiger partial charge in [-0.25, -0.2) is 0 Å². The van der Waals surface area contributed by atoms with E-state index in [2.05, 4.69) is 0 Å². The molecule has 0 spiro atoms. The summed E-state index contributed by atoms with van der Waals surface area (Å²) in [6.45, 7) is 4.06. The van der Waals surface area contributed by atoms with E-state index in [-0.39, 0.29) is 0 Å². The van der Waals surface area contributed by atoms with Crippen LogP contribution in [0.2, 0.25) is 0 Å². The second-order valence-electron chi connectivity index (χ2n) is 3.51. The van der Waals surface area contributed by atoms with Crippen molar-refractivity contribution in [3.8, 4) is 11.5 Å². The first-order chi connectivity index (χ1) is 8.31. The molecule has 0 aliphatic carbocycles. The highest BCUT2D eigenvalue weighted by molar-refractivity contribution is 6.17. The minimum atomic E-state index is 0.435. The Morgan fingerprint density at radius 1 is 1.24 bits per heavy atom. The summed E-state index contributed by atoms with van der Waals surface area (Å²) >= 11 is 5.84. The molecule has 0 saturated heterocycles. The van der Waals surface area contributed by atoms with Gasteiger partial charge in [-0.15, -0.1) is 11.6 Å². The lowest BCUT2D eigenvalue weighted by Crippen LogP contribution is -2.04. The van der Waals surface area contributed by atoms with Crippen LogP contribution < -0.4 is 9.47 Å². The summed E-state index contributed by atoms with van der Waals surface area (Å²) in [6, 6.07) is 5.66. The Morgan fingerprint density at radius 2 is 2.06 bits per heavy atom. The highest BCUT2D eigenvalue weighted by atomic mass is 35.5. The number of alkyl halides is 1. The van der Waals surface area contributed by atoms with E-state index in [0.717, 1.165) is 36.7 Å². The van der Waals surface area contributed by atoms with Crippen LogP contribution in [0, 0.1) is 0 Å². The molecule has 0 fully saturated rings. The van der Waals surface area contributed by atoms with Gasteiger partial charge >= 0.3 is 0 Å². The zero-order valence-corrected chi connectivity index (χ0v) is 11.1. The first kappa shape index (κ1) is 14.1. The molecule has 0 bridgehead atoms. The number of rotatable bonds is 8. The fourth-order valence-corrected chi connectivity index (χ4v) is 1.61. The fourth-order valence-electron chi connectivity index (χ4n) is 1.39. The van der Waals surface area contributed by atoms with Gasteiger partial charge in [0.25, 0.3) is 0 Å². The molecule has 0 radical (unpaired) electrons. The van der Waals surface area contributed by atoms with Crippen molar-refractivity contribution >= 4 is 11.6 Å². The minimum Gasteiger partial charge on any atom is -0.497 e. The molecule has 0 aliphatic heterocycles. The number of methoxy groups -OCH3 is 1. The van der Waals surface area contributed by atoms with E-state index in [1.54, 1.807) is 7.11 Å². The molecule has 0 aromatic heterocycles. The van der Waals surface area contributed by atoms with Gasteiger partial charge in [0.05, 0.1) is 19.6 Å². The fraction of sp³-hybridized carbons (Fsp3) is 0.538. The molecule has 0 amide bonds. The Balaban J connectivity index is 2.49. The SMILES string of the molecule is CCOCCCOc1cc(OC)ccc1CCl. The van der Waals surface area contributed by atoms with Gasteiger partial charge in [0.15, 0.2) is 0 Å². The van der Waals surface area contributed by atoms with Gasteiger partial charge in [-0.3, -0.25) is 0 Å². The molecular formula is C13H19ClO3. The van der Waals surface area contributed by atoms with Gasteiger partial charge in [0.1, 0.15) is 11.5 Å². The number of halogens is 1. The standard InChI is InChI=1S/C13H19ClO3/c1-3-16-7-4-8-17-13-9-12(15-2)6-5-11(13)10-14/h5-6,9H,3-4,7-8,10H2,1-2H3. The zero-order valence-electron chi connectivity index (χ0n) is 10.4. The Kier molecular flexibility index (Phi) is 6.82. The highest BCUT2D eigenvalue weighted by Gasteiger charge is 2.04. The van der Waals surface area contributed by atoms with Crippen molar-refractivity contribution < 1.29 is 14.2 Å². The predicted octanol–water partition coefficient (Wildman–Crippen LogP) is 3.24. The maximum atomic E-state index is 5.84. The lowest BCUT2D eigenvalue weighted by atomic mass is 10.2. The quantitative estimate of drug-likeness (QED) is 0.529. The van der Waals surface area contributed by atoms with Gasteiger partial charge in [-0.1, -0.05) is 6.07 Å². The van der Waals surface area contributed by atoms with Gasteiger partial charge < -0.3 is 14.2 Å². The molecule has 17 heavy (non-hydrogen) atoms. The Hall–Kier alpha value is -0.930. The smallest absolute Gasteiger partial charge is 0.127 e. The molecule has 96 valence electrons. The lowest BCUT2D eigenvalue weighted by molar-refractivity contribution is 0.130. The van der Waals surface area contributed by atoms with E-state index < -0.39 is 0 Å². The third kappa shape index (κ3) is 4.84. The number of hydrogen-bond acceptors (Lipinski definition) is 3. The first-order valence-corrected chi connectivity index (χ1v) is 6.28. The maximum absolute atomic E-state index is 5.84. The average Bonchev–Trinajstić information content (AvgIpc) is 2.38. The van der Waals surface area contributed by atoms with Crippen molar-refractivity contribution in [3.05, 3.63) is 23.8 Å². The van der Waals surface area contributed by atoms with Crippen molar-refractivity contribution in [1.82, 2.24) is 0 Å². The van der Waals surface area contributed by atoms with Crippen LogP contribution in [0.25, 0.3) is 0 Å². The molecule has 0 N–H and O–H groups in total. The normalized spacial score (nSPS) is 10.3. The Morgan fingerprint density at radius 3 is 2.71 bits per heavy atom. The van der Waals surface area contributed by atoms with Crippen LogP contribution in [0.4, 0.5) is 0 Å². The molecule has 4 heteroatoms. The molecule has 3 nitrogen and oxygen atoms in total. The third-order valence-electron chi connectivity index (χ3n) is 2.31. The van der Waals surface area contributed by atoms with E-state index in [0.29, 0.717) is 12.5 Å². The second kappa shape index (κ2) is 8.20. The Bertz CT molecular complexity index is 328. The van der Waals surface area contributed by atoms with Gasteiger partial charge in [0, 0.05) is 31.3 Å². The molecule has 1 rings (SSSR count). The van der Waals surface area contributed by atoms with Crippen LogP contribution in [0.3, 0.4) is 0 Å². The summed E-state index contributed by atoms with van der Waals surface area (Å²) in [5.74, 6) is 2.00. The molecular weight excluding hydrogens is 240 g/mol. The predicted molar refractivity (Wildman–Crippen MR) is 69.2 cm³/mol. The van der Waals surface area contributed by atoms with Crippen molar-refractivity contribution in [2.45, 2.75) is 19.2 Å². The summed E-state index contributed by atoms with van der Waals surface area (Å²) in [5.41, 5.74) is 0.976. The van der Waals surface area contributed by atoms with Crippen LogP contribution >= 0.6 is 11.6 Å². The van der Waals surface area contributed by atoms with E-state index in [4.69, 9.17) is 25.8 Å². The van der Waals surface area contributed by atoms with Gasteiger partial charge in [-0.05, 0) is 13.0 Å². The monoisotopic (exact) mass is 258 g/mol. The van der Waals surface area contributed by atoms with Gasteiger partial charge in [0.2, 0.25) is 0 Å². The van der Waals surface area contributed by atoms with Crippen LogP contribution in [0.5, 0.6) is 11.5 Å². The maximum Gasteiger partial charge on any atom is 0.127 e. The summed E-state index contributed by atoms with van der Waals surface area (Å²) in [5, 5.41) is 0. The van der Waals surface area contributed by atoms with Crippen LogP contribution in [-0.4, -0.2) is 26.9 Å². The molecule has 1 aromatic carbocycles. The van der Waals surface area contributed by atoms with Crippen LogP contribution in [-0.2, 0) is 10.6 Å². The summed E-state index contributed by atoms with van der Waals surface area (Å²) in [7, 11) is 1.63. The highest BCUT2D eigenvalue weighted by Crippen LogP contribution is 2.26. The number of hydrogen-bond donors (Lipinski definition) is 0. The molecule has 1 aromatic rings. The lowest BCUT2D eigenvalue weighted by Gasteiger charge is -2.11. The molecule has 0 atom stereocenters. The third-order valence-corrected chi connectivity index (χ3v) is 2.60. The van der Waals surface area contributed by atoms with Crippen molar-refractivity contribution in [1.29, 1.82) is 0 Å². The first-order valence-electron chi connectivity index (χ1n) is 5.75. The van der Waals surface area contributed by atoms with Crippen molar-refractivity contribution in [3.63, 3.8) is 0 Å². The Labute approximate surface area is 108 Å². The topological polar surface area (TPSA) is 27.7 Å². The summed E-state index contributed by atoms with van der Waals surface area (Å²) < 4.78 is 16.1. The second-order valence-corrected chi connectivity index (χ2v) is 3.77. The number of benzene rings is 1. The molecule has 0 unspecified atom stereocenters. The molecule has 0 saturated carbocycles. The van der Waals surface area contributed by atoms with E-state index in [1.165, 1.54) is 0 Å². The molecule has 0 aliphatic rings. The van der Waals surface area contributed by atoms with Crippen LogP contribution in [0.1, 0.15) is 18.9 Å². The van der Waals surface area contributed by atoms with E-state index in [1.807, 2.05) is 25.1 Å². The van der Waals surface area contributed by atoms with Crippen molar-refractivity contribution in [2.24, 2.45) is 0 Å². The number of ether oxygens (including phenoxy) is 3. The van der Waals surface area contributed by atoms with Crippen LogP contribution in [0.15, 0.2) is 18.2 Å². The van der Waals surface area contributed by atoms with E-state index >= 15 is 0 Å².